The molecule has 1 atom stereocenters. The maximum Gasteiger partial charge on any atom is 0.273 e. The number of nitrogens with one attached hydrogen (secondary N) is 1. The van der Waals surface area contributed by atoms with Gasteiger partial charge in [-0.15, -0.1) is 0 Å². The molecule has 1 unspecified atom stereocenters. The number of nitrogens with zero attached hydrogens (tertiary/aromatic N) is 4. The number of carbonyl (C=O) groups excluding carboxylic acids is 1. The lowest BCUT2D eigenvalue weighted by atomic mass is 10.1. The zero-order chi connectivity index (χ0) is 13.8. The van der Waals surface area contributed by atoms with Crippen molar-refractivity contribution >= 4 is 11.7 Å². The first-order valence-corrected chi connectivity index (χ1v) is 6.54. The van der Waals surface area contributed by atoms with Crippen molar-refractivity contribution in [1.82, 2.24) is 19.8 Å². The van der Waals surface area contributed by atoms with Gasteiger partial charge in [-0.2, -0.15) is 0 Å². The Kier molecular flexibility index (Phi) is 4.31. The van der Waals surface area contributed by atoms with E-state index in [4.69, 9.17) is 0 Å². The van der Waals surface area contributed by atoms with E-state index in [1.807, 2.05) is 7.05 Å². The van der Waals surface area contributed by atoms with Gasteiger partial charge in [0.2, 0.25) is 0 Å². The fourth-order valence-electron chi connectivity index (χ4n) is 2.41. The van der Waals surface area contributed by atoms with Crippen molar-refractivity contribution in [3.8, 4) is 0 Å². The molecule has 0 saturated carbocycles. The van der Waals surface area contributed by atoms with Gasteiger partial charge in [-0.05, 0) is 25.9 Å². The van der Waals surface area contributed by atoms with Crippen LogP contribution in [0.1, 0.15) is 16.9 Å². The van der Waals surface area contributed by atoms with Crippen molar-refractivity contribution in [2.24, 2.45) is 5.92 Å². The molecular formula is C13H21N5O. The largest absolute Gasteiger partial charge is 0.372 e. The van der Waals surface area contributed by atoms with Gasteiger partial charge in [-0.1, -0.05) is 0 Å². The molecule has 0 spiro atoms. The van der Waals surface area contributed by atoms with Crippen LogP contribution in [0, 0.1) is 5.92 Å². The third-order valence-corrected chi connectivity index (χ3v) is 3.49. The summed E-state index contributed by atoms with van der Waals surface area (Å²) in [5.74, 6) is 1.16. The third kappa shape index (κ3) is 3.41. The number of aromatic nitrogens is 2. The van der Waals surface area contributed by atoms with Crippen LogP contribution in [-0.2, 0) is 0 Å². The average molecular weight is 263 g/mol. The molecule has 2 rings (SSSR count). The molecular weight excluding hydrogens is 242 g/mol. The van der Waals surface area contributed by atoms with Gasteiger partial charge in [0.05, 0.1) is 12.4 Å². The van der Waals surface area contributed by atoms with Crippen molar-refractivity contribution in [3.05, 3.63) is 18.1 Å². The minimum absolute atomic E-state index is 0.0651. The minimum atomic E-state index is -0.0651. The number of rotatable bonds is 4. The van der Waals surface area contributed by atoms with E-state index in [0.717, 1.165) is 26.1 Å². The van der Waals surface area contributed by atoms with Gasteiger partial charge in [0.25, 0.3) is 5.91 Å². The van der Waals surface area contributed by atoms with Gasteiger partial charge < -0.3 is 15.1 Å². The van der Waals surface area contributed by atoms with E-state index in [-0.39, 0.29) is 5.91 Å². The van der Waals surface area contributed by atoms with E-state index in [1.54, 1.807) is 18.1 Å². The SMILES string of the molecule is CNc1cnc(C(=O)N(C)CC2CCN(C)C2)cn1. The topological polar surface area (TPSA) is 61.4 Å². The molecule has 1 aliphatic rings. The van der Waals surface area contributed by atoms with Crippen LogP contribution >= 0.6 is 0 Å². The molecule has 1 amide bonds. The molecule has 0 aliphatic carbocycles. The van der Waals surface area contributed by atoms with Crippen LogP contribution in [0.15, 0.2) is 12.4 Å². The van der Waals surface area contributed by atoms with E-state index in [9.17, 15) is 4.79 Å². The molecule has 6 heteroatoms. The fourth-order valence-corrected chi connectivity index (χ4v) is 2.41. The van der Waals surface area contributed by atoms with Gasteiger partial charge in [-0.3, -0.25) is 4.79 Å². The molecule has 6 nitrogen and oxygen atoms in total. The summed E-state index contributed by atoms with van der Waals surface area (Å²) in [6.45, 7) is 2.95. The Hall–Kier alpha value is -1.69. The number of anilines is 1. The number of likely N-dealkylation sites (tertiary alicyclic amines) is 1. The standard InChI is InChI=1S/C13H21N5O/c1-14-12-7-15-11(6-16-12)13(19)18(3)9-10-4-5-17(2)8-10/h6-7,10H,4-5,8-9H2,1-3H3,(H,14,16). The maximum atomic E-state index is 12.2. The Bertz CT molecular complexity index is 433. The van der Waals surface area contributed by atoms with Gasteiger partial charge in [0, 0.05) is 27.2 Å². The van der Waals surface area contributed by atoms with E-state index in [2.05, 4.69) is 27.2 Å². The fraction of sp³-hybridized carbons (Fsp3) is 0.615. The van der Waals surface area contributed by atoms with Crippen molar-refractivity contribution in [1.29, 1.82) is 0 Å². The van der Waals surface area contributed by atoms with Gasteiger partial charge >= 0.3 is 0 Å². The second kappa shape index (κ2) is 5.97. The zero-order valence-electron chi connectivity index (χ0n) is 11.8. The van der Waals surface area contributed by atoms with E-state index in [1.165, 1.54) is 6.20 Å². The summed E-state index contributed by atoms with van der Waals surface area (Å²) < 4.78 is 0. The lowest BCUT2D eigenvalue weighted by molar-refractivity contribution is 0.0768. The highest BCUT2D eigenvalue weighted by atomic mass is 16.2. The van der Waals surface area contributed by atoms with Crippen LogP contribution in [0.2, 0.25) is 0 Å². The summed E-state index contributed by atoms with van der Waals surface area (Å²) in [6, 6.07) is 0. The summed E-state index contributed by atoms with van der Waals surface area (Å²) in [6.07, 6.45) is 4.24. The van der Waals surface area contributed by atoms with Gasteiger partial charge in [-0.25, -0.2) is 9.97 Å². The smallest absolute Gasteiger partial charge is 0.273 e. The van der Waals surface area contributed by atoms with Crippen LogP contribution in [0.25, 0.3) is 0 Å². The normalized spacial score (nSPS) is 19.4. The van der Waals surface area contributed by atoms with Crippen LogP contribution in [0.4, 0.5) is 5.82 Å². The molecule has 0 radical (unpaired) electrons. The van der Waals surface area contributed by atoms with Gasteiger partial charge in [0.1, 0.15) is 11.5 Å². The number of amides is 1. The molecule has 19 heavy (non-hydrogen) atoms. The Morgan fingerprint density at radius 1 is 1.53 bits per heavy atom. The van der Waals surface area contributed by atoms with Gasteiger partial charge in [0.15, 0.2) is 0 Å². The first kappa shape index (κ1) is 13.7. The summed E-state index contributed by atoms with van der Waals surface area (Å²) in [5, 5.41) is 2.88. The molecule has 1 aliphatic heterocycles. The first-order valence-electron chi connectivity index (χ1n) is 6.54. The third-order valence-electron chi connectivity index (χ3n) is 3.49. The van der Waals surface area contributed by atoms with E-state index in [0.29, 0.717) is 17.4 Å². The molecule has 1 saturated heterocycles. The second-order valence-electron chi connectivity index (χ2n) is 5.14. The van der Waals surface area contributed by atoms with Crippen LogP contribution in [-0.4, -0.2) is 66.5 Å². The summed E-state index contributed by atoms with van der Waals surface area (Å²) in [5.41, 5.74) is 0.396. The molecule has 1 aromatic rings. The van der Waals surface area contributed by atoms with Crippen molar-refractivity contribution in [2.45, 2.75) is 6.42 Å². The number of hydrogen-bond acceptors (Lipinski definition) is 5. The Balaban J connectivity index is 1.94. The number of hydrogen-bond donors (Lipinski definition) is 1. The Morgan fingerprint density at radius 2 is 2.32 bits per heavy atom. The summed E-state index contributed by atoms with van der Waals surface area (Å²) >= 11 is 0. The average Bonchev–Trinajstić information content (AvgIpc) is 2.83. The number of carbonyl (C=O) groups is 1. The van der Waals surface area contributed by atoms with Crippen LogP contribution in [0.3, 0.4) is 0 Å². The molecule has 1 aromatic heterocycles. The molecule has 1 fully saturated rings. The minimum Gasteiger partial charge on any atom is -0.372 e. The maximum absolute atomic E-state index is 12.2. The molecule has 104 valence electrons. The predicted octanol–water partition coefficient (Wildman–Crippen LogP) is 0.542. The van der Waals surface area contributed by atoms with Crippen molar-refractivity contribution in [2.75, 3.05) is 46.1 Å². The molecule has 0 bridgehead atoms. The lowest BCUT2D eigenvalue weighted by Gasteiger charge is -2.20. The van der Waals surface area contributed by atoms with E-state index >= 15 is 0 Å². The highest BCUT2D eigenvalue weighted by molar-refractivity contribution is 5.91. The van der Waals surface area contributed by atoms with Crippen molar-refractivity contribution in [3.63, 3.8) is 0 Å². The van der Waals surface area contributed by atoms with Crippen LogP contribution in [0.5, 0.6) is 0 Å². The highest BCUT2D eigenvalue weighted by Crippen LogP contribution is 2.16. The molecule has 1 N–H and O–H groups in total. The van der Waals surface area contributed by atoms with Crippen LogP contribution < -0.4 is 5.32 Å². The Labute approximate surface area is 113 Å². The molecule has 0 aromatic carbocycles. The summed E-state index contributed by atoms with van der Waals surface area (Å²) in [7, 11) is 5.71. The monoisotopic (exact) mass is 263 g/mol. The lowest BCUT2D eigenvalue weighted by Crippen LogP contribution is -2.33. The zero-order valence-corrected chi connectivity index (χ0v) is 11.8. The molecule has 2 heterocycles. The first-order chi connectivity index (χ1) is 9.10. The second-order valence-corrected chi connectivity index (χ2v) is 5.14. The van der Waals surface area contributed by atoms with Crippen molar-refractivity contribution < 1.29 is 4.79 Å². The van der Waals surface area contributed by atoms with E-state index < -0.39 is 0 Å². The highest BCUT2D eigenvalue weighted by Gasteiger charge is 2.23. The summed E-state index contributed by atoms with van der Waals surface area (Å²) in [4.78, 5) is 24.5. The quantitative estimate of drug-likeness (QED) is 0.859. The predicted molar refractivity (Wildman–Crippen MR) is 74.1 cm³/mol. The Morgan fingerprint density at radius 3 is 2.84 bits per heavy atom.